The van der Waals surface area contributed by atoms with Gasteiger partial charge in [-0.3, -0.25) is 4.79 Å². The standard InChI is InChI=1S/C14H10FN3O2S/c1-7-6-21-14(16-7)11-17-12(19)10(13(20)18-11)8-2-4-9(15)5-3-8/h2-6H,1H3,(H2,17,18,19,20). The van der Waals surface area contributed by atoms with Gasteiger partial charge in [-0.15, -0.1) is 11.3 Å². The second-order valence-electron chi connectivity index (χ2n) is 4.41. The Kier molecular flexibility index (Phi) is 3.26. The number of benzene rings is 1. The molecule has 0 radical (unpaired) electrons. The molecule has 21 heavy (non-hydrogen) atoms. The van der Waals surface area contributed by atoms with E-state index in [0.717, 1.165) is 5.69 Å². The number of H-pyrrole nitrogens is 1. The molecule has 0 saturated heterocycles. The predicted octanol–water partition coefficient (Wildman–Crippen LogP) is 2.71. The fraction of sp³-hybridized carbons (Fsp3) is 0.0714. The van der Waals surface area contributed by atoms with Crippen molar-refractivity contribution in [1.82, 2.24) is 15.0 Å². The van der Waals surface area contributed by atoms with Crippen LogP contribution in [0.4, 0.5) is 4.39 Å². The minimum absolute atomic E-state index is 0.00651. The summed E-state index contributed by atoms with van der Waals surface area (Å²) in [4.78, 5) is 22.9. The molecular weight excluding hydrogens is 293 g/mol. The second-order valence-corrected chi connectivity index (χ2v) is 5.27. The molecule has 2 N–H and O–H groups in total. The van der Waals surface area contributed by atoms with Crippen LogP contribution in [0.3, 0.4) is 0 Å². The van der Waals surface area contributed by atoms with E-state index in [1.165, 1.54) is 35.6 Å². The van der Waals surface area contributed by atoms with Crippen LogP contribution in [0.25, 0.3) is 22.0 Å². The molecule has 2 aromatic heterocycles. The highest BCUT2D eigenvalue weighted by Gasteiger charge is 2.15. The lowest BCUT2D eigenvalue weighted by atomic mass is 10.1. The van der Waals surface area contributed by atoms with E-state index < -0.39 is 17.3 Å². The van der Waals surface area contributed by atoms with Crippen LogP contribution in [0.2, 0.25) is 0 Å². The van der Waals surface area contributed by atoms with Crippen molar-refractivity contribution in [2.24, 2.45) is 0 Å². The van der Waals surface area contributed by atoms with Gasteiger partial charge in [0.25, 0.3) is 5.56 Å². The summed E-state index contributed by atoms with van der Waals surface area (Å²) in [7, 11) is 0. The van der Waals surface area contributed by atoms with Gasteiger partial charge in [-0.25, -0.2) is 9.37 Å². The van der Waals surface area contributed by atoms with Crippen molar-refractivity contribution < 1.29 is 9.50 Å². The topological polar surface area (TPSA) is 78.9 Å². The largest absolute Gasteiger partial charge is 0.493 e. The predicted molar refractivity (Wildman–Crippen MR) is 77.8 cm³/mol. The summed E-state index contributed by atoms with van der Waals surface area (Å²) in [5.74, 6) is -0.618. The zero-order chi connectivity index (χ0) is 15.0. The van der Waals surface area contributed by atoms with Gasteiger partial charge in [0.1, 0.15) is 11.4 Å². The molecule has 5 nitrogen and oxygen atoms in total. The first-order valence-electron chi connectivity index (χ1n) is 6.06. The number of hydrogen-bond donors (Lipinski definition) is 2. The molecule has 3 rings (SSSR count). The minimum Gasteiger partial charge on any atom is -0.493 e. The van der Waals surface area contributed by atoms with Crippen molar-refractivity contribution in [2.45, 2.75) is 6.92 Å². The first kappa shape index (κ1) is 13.4. The van der Waals surface area contributed by atoms with E-state index >= 15 is 0 Å². The maximum atomic E-state index is 12.9. The van der Waals surface area contributed by atoms with E-state index in [4.69, 9.17) is 0 Å². The first-order chi connectivity index (χ1) is 10.0. The Morgan fingerprint density at radius 2 is 1.95 bits per heavy atom. The fourth-order valence-electron chi connectivity index (χ4n) is 1.90. The quantitative estimate of drug-likeness (QED) is 0.763. The Hall–Kier alpha value is -2.54. The Balaban J connectivity index is 2.12. The summed E-state index contributed by atoms with van der Waals surface area (Å²) in [5, 5.41) is 12.4. The molecular formula is C14H10FN3O2S. The maximum Gasteiger partial charge on any atom is 0.263 e. The molecule has 0 spiro atoms. The van der Waals surface area contributed by atoms with Crippen molar-refractivity contribution in [3.63, 3.8) is 0 Å². The lowest BCUT2D eigenvalue weighted by Gasteiger charge is -2.04. The second kappa shape index (κ2) is 5.10. The first-order valence-corrected chi connectivity index (χ1v) is 6.94. The van der Waals surface area contributed by atoms with Gasteiger partial charge in [-0.1, -0.05) is 12.1 Å². The Labute approximate surface area is 122 Å². The van der Waals surface area contributed by atoms with Crippen LogP contribution in [-0.2, 0) is 0 Å². The Morgan fingerprint density at radius 1 is 1.24 bits per heavy atom. The van der Waals surface area contributed by atoms with E-state index in [9.17, 15) is 14.3 Å². The molecule has 1 aromatic carbocycles. The summed E-state index contributed by atoms with van der Waals surface area (Å²) in [5.41, 5.74) is 0.702. The highest BCUT2D eigenvalue weighted by Crippen LogP contribution is 2.26. The SMILES string of the molecule is Cc1csc(-c2nc(O)c(-c3ccc(F)cc3)c(=O)[nH]2)n1. The van der Waals surface area contributed by atoms with Crippen LogP contribution in [0, 0.1) is 12.7 Å². The molecule has 0 aliphatic carbocycles. The third kappa shape index (κ3) is 2.55. The number of hydrogen-bond acceptors (Lipinski definition) is 5. The number of thiazole rings is 1. The van der Waals surface area contributed by atoms with Crippen LogP contribution >= 0.6 is 11.3 Å². The summed E-state index contributed by atoms with van der Waals surface area (Å²) >= 11 is 1.32. The molecule has 0 saturated carbocycles. The van der Waals surface area contributed by atoms with Gasteiger partial charge in [-0.05, 0) is 24.6 Å². The number of halogens is 1. The van der Waals surface area contributed by atoms with Crippen molar-refractivity contribution in [3.05, 3.63) is 51.5 Å². The fourth-order valence-corrected chi connectivity index (χ4v) is 2.64. The van der Waals surface area contributed by atoms with Crippen LogP contribution in [-0.4, -0.2) is 20.1 Å². The smallest absolute Gasteiger partial charge is 0.263 e. The number of aromatic hydroxyl groups is 1. The molecule has 2 heterocycles. The summed E-state index contributed by atoms with van der Waals surface area (Å²) < 4.78 is 12.9. The molecule has 0 aliphatic rings. The van der Waals surface area contributed by atoms with Gasteiger partial charge >= 0.3 is 0 Å². The van der Waals surface area contributed by atoms with Gasteiger partial charge in [0.15, 0.2) is 10.8 Å². The summed E-state index contributed by atoms with van der Waals surface area (Å²) in [6, 6.07) is 5.25. The normalized spacial score (nSPS) is 10.8. The van der Waals surface area contributed by atoms with Crippen molar-refractivity contribution in [1.29, 1.82) is 0 Å². The van der Waals surface area contributed by atoms with Crippen molar-refractivity contribution in [3.8, 4) is 27.8 Å². The van der Waals surface area contributed by atoms with Crippen LogP contribution in [0.5, 0.6) is 5.88 Å². The maximum absolute atomic E-state index is 12.9. The molecule has 7 heteroatoms. The minimum atomic E-state index is -0.503. The Bertz CT molecular complexity index is 855. The van der Waals surface area contributed by atoms with Crippen LogP contribution in [0.15, 0.2) is 34.4 Å². The van der Waals surface area contributed by atoms with Gasteiger partial charge in [0, 0.05) is 11.1 Å². The number of aromatic nitrogens is 3. The van der Waals surface area contributed by atoms with E-state index in [1.54, 1.807) is 0 Å². The van der Waals surface area contributed by atoms with Crippen molar-refractivity contribution >= 4 is 11.3 Å². The molecule has 0 bridgehead atoms. The van der Waals surface area contributed by atoms with Crippen LogP contribution < -0.4 is 5.56 Å². The third-order valence-electron chi connectivity index (χ3n) is 2.85. The number of nitrogens with zero attached hydrogens (tertiary/aromatic N) is 2. The lowest BCUT2D eigenvalue weighted by molar-refractivity contribution is 0.454. The summed E-state index contributed by atoms with van der Waals surface area (Å²) in [6.07, 6.45) is 0. The number of nitrogens with one attached hydrogen (secondary N) is 1. The highest BCUT2D eigenvalue weighted by atomic mass is 32.1. The zero-order valence-electron chi connectivity index (χ0n) is 10.9. The average Bonchev–Trinajstić information content (AvgIpc) is 2.87. The molecule has 0 unspecified atom stereocenters. The van der Waals surface area contributed by atoms with Gasteiger partial charge in [-0.2, -0.15) is 4.98 Å². The Morgan fingerprint density at radius 3 is 2.52 bits per heavy atom. The molecule has 106 valence electrons. The van der Waals surface area contributed by atoms with E-state index in [0.29, 0.717) is 10.6 Å². The highest BCUT2D eigenvalue weighted by molar-refractivity contribution is 7.13. The van der Waals surface area contributed by atoms with Gasteiger partial charge in [0.2, 0.25) is 5.88 Å². The van der Waals surface area contributed by atoms with E-state index in [-0.39, 0.29) is 11.4 Å². The van der Waals surface area contributed by atoms with E-state index in [2.05, 4.69) is 15.0 Å². The number of aryl methyl sites for hydroxylation is 1. The third-order valence-corrected chi connectivity index (χ3v) is 3.82. The lowest BCUT2D eigenvalue weighted by Crippen LogP contribution is -2.12. The van der Waals surface area contributed by atoms with Crippen LogP contribution in [0.1, 0.15) is 5.69 Å². The summed E-state index contributed by atoms with van der Waals surface area (Å²) in [6.45, 7) is 1.82. The monoisotopic (exact) mass is 303 g/mol. The van der Waals surface area contributed by atoms with Gasteiger partial charge < -0.3 is 10.1 Å². The van der Waals surface area contributed by atoms with Crippen molar-refractivity contribution in [2.75, 3.05) is 0 Å². The average molecular weight is 303 g/mol. The zero-order valence-corrected chi connectivity index (χ0v) is 11.7. The van der Waals surface area contributed by atoms with E-state index in [1.807, 2.05) is 12.3 Å². The molecule has 0 fully saturated rings. The number of aromatic amines is 1. The molecule has 0 atom stereocenters. The molecule has 0 aliphatic heterocycles. The molecule has 3 aromatic rings. The van der Waals surface area contributed by atoms with Gasteiger partial charge in [0.05, 0.1) is 0 Å². The molecule has 0 amide bonds. The number of rotatable bonds is 2.